The molecule has 1 aliphatic heterocycles. The molecule has 1 aromatic rings. The molecule has 88 valence electrons. The van der Waals surface area contributed by atoms with Crippen molar-refractivity contribution in [1.82, 2.24) is 5.32 Å². The summed E-state index contributed by atoms with van der Waals surface area (Å²) in [5.41, 5.74) is 1.09. The molecule has 0 aromatic heterocycles. The Balaban J connectivity index is 2.07. The summed E-state index contributed by atoms with van der Waals surface area (Å²) in [5.74, 6) is 0. The summed E-state index contributed by atoms with van der Waals surface area (Å²) in [5, 5.41) is 13.1. The largest absolute Gasteiger partial charge is 0.396 e. The highest BCUT2D eigenvalue weighted by molar-refractivity contribution is 6.33. The number of hydrogen-bond donors (Lipinski definition) is 2. The number of halogens is 1. The Hall–Kier alpha value is -0.770. The van der Waals surface area contributed by atoms with Crippen molar-refractivity contribution in [2.45, 2.75) is 12.5 Å². The van der Waals surface area contributed by atoms with Crippen LogP contribution in [-0.4, -0.2) is 37.4 Å². The van der Waals surface area contributed by atoms with E-state index in [1.165, 1.54) is 0 Å². The zero-order chi connectivity index (χ0) is 11.4. The van der Waals surface area contributed by atoms with E-state index in [0.29, 0.717) is 6.04 Å². The molecule has 0 aliphatic carbocycles. The summed E-state index contributed by atoms with van der Waals surface area (Å²) in [4.78, 5) is 2.28. The lowest BCUT2D eigenvalue weighted by atomic mass is 10.1. The lowest BCUT2D eigenvalue weighted by Gasteiger charge is -2.35. The summed E-state index contributed by atoms with van der Waals surface area (Å²) >= 11 is 6.17. The van der Waals surface area contributed by atoms with Gasteiger partial charge >= 0.3 is 0 Å². The Morgan fingerprint density at radius 2 is 2.25 bits per heavy atom. The average Bonchev–Trinajstić information content (AvgIpc) is 2.30. The Morgan fingerprint density at radius 1 is 1.44 bits per heavy atom. The predicted molar refractivity (Wildman–Crippen MR) is 67.2 cm³/mol. The molecule has 1 atom stereocenters. The van der Waals surface area contributed by atoms with Crippen LogP contribution < -0.4 is 10.2 Å². The minimum absolute atomic E-state index is 0.230. The Bertz CT molecular complexity index is 344. The summed E-state index contributed by atoms with van der Waals surface area (Å²) in [6.45, 7) is 3.04. The number of aliphatic hydroxyl groups is 1. The topological polar surface area (TPSA) is 35.5 Å². The Kier molecular flexibility index (Phi) is 4.04. The highest BCUT2D eigenvalue weighted by atomic mass is 35.5. The minimum Gasteiger partial charge on any atom is -0.396 e. The molecule has 1 unspecified atom stereocenters. The van der Waals surface area contributed by atoms with Crippen molar-refractivity contribution in [3.05, 3.63) is 29.3 Å². The molecule has 1 aromatic carbocycles. The van der Waals surface area contributed by atoms with E-state index in [1.54, 1.807) is 0 Å². The van der Waals surface area contributed by atoms with E-state index in [4.69, 9.17) is 16.7 Å². The molecule has 0 spiro atoms. The molecule has 2 N–H and O–H groups in total. The van der Waals surface area contributed by atoms with Crippen LogP contribution in [0.15, 0.2) is 24.3 Å². The normalized spacial score (nSPS) is 21.1. The van der Waals surface area contributed by atoms with E-state index in [1.807, 2.05) is 24.3 Å². The fourth-order valence-electron chi connectivity index (χ4n) is 2.10. The second-order valence-corrected chi connectivity index (χ2v) is 4.47. The summed E-state index contributed by atoms with van der Waals surface area (Å²) < 4.78 is 0. The molecule has 1 heterocycles. The first kappa shape index (κ1) is 11.7. The number of piperazine rings is 1. The van der Waals surface area contributed by atoms with Crippen LogP contribution in [0.2, 0.25) is 5.02 Å². The van der Waals surface area contributed by atoms with Crippen LogP contribution >= 0.6 is 11.6 Å². The van der Waals surface area contributed by atoms with Gasteiger partial charge in [0.1, 0.15) is 0 Å². The molecular formula is C12H17ClN2O. The van der Waals surface area contributed by atoms with Gasteiger partial charge in [-0.25, -0.2) is 0 Å². The molecule has 0 saturated carbocycles. The van der Waals surface area contributed by atoms with E-state index in [-0.39, 0.29) is 6.61 Å². The molecule has 1 saturated heterocycles. The molecule has 0 radical (unpaired) electrons. The average molecular weight is 241 g/mol. The third kappa shape index (κ3) is 2.67. The maximum absolute atomic E-state index is 8.95. The Morgan fingerprint density at radius 3 is 3.00 bits per heavy atom. The van der Waals surface area contributed by atoms with Crippen LogP contribution in [0.4, 0.5) is 5.69 Å². The lowest BCUT2D eigenvalue weighted by molar-refractivity contribution is 0.260. The third-order valence-electron chi connectivity index (χ3n) is 2.93. The van der Waals surface area contributed by atoms with Crippen molar-refractivity contribution in [2.75, 3.05) is 31.1 Å². The van der Waals surface area contributed by atoms with Crippen LogP contribution in [0.5, 0.6) is 0 Å². The second kappa shape index (κ2) is 5.53. The number of rotatable bonds is 3. The molecule has 4 heteroatoms. The lowest BCUT2D eigenvalue weighted by Crippen LogP contribution is -2.51. The van der Waals surface area contributed by atoms with Gasteiger partial charge in [0.05, 0.1) is 10.7 Å². The first-order valence-electron chi connectivity index (χ1n) is 5.65. The van der Waals surface area contributed by atoms with Gasteiger partial charge in [-0.3, -0.25) is 0 Å². The zero-order valence-electron chi connectivity index (χ0n) is 9.19. The predicted octanol–water partition coefficient (Wildman–Crippen LogP) is 1.50. The molecular weight excluding hydrogens is 224 g/mol. The van der Waals surface area contributed by atoms with Crippen LogP contribution in [0.3, 0.4) is 0 Å². The molecule has 3 nitrogen and oxygen atoms in total. The van der Waals surface area contributed by atoms with Crippen molar-refractivity contribution in [1.29, 1.82) is 0 Å². The third-order valence-corrected chi connectivity index (χ3v) is 3.25. The maximum Gasteiger partial charge on any atom is 0.0639 e. The molecule has 2 rings (SSSR count). The molecule has 16 heavy (non-hydrogen) atoms. The van der Waals surface area contributed by atoms with Crippen LogP contribution in [-0.2, 0) is 0 Å². The summed E-state index contributed by atoms with van der Waals surface area (Å²) in [6.07, 6.45) is 0.793. The van der Waals surface area contributed by atoms with Crippen LogP contribution in [0.25, 0.3) is 0 Å². The van der Waals surface area contributed by atoms with Gasteiger partial charge in [-0.2, -0.15) is 0 Å². The molecule has 0 bridgehead atoms. The Labute approximate surface area is 101 Å². The van der Waals surface area contributed by atoms with Gasteiger partial charge in [0.15, 0.2) is 0 Å². The van der Waals surface area contributed by atoms with Crippen molar-refractivity contribution in [2.24, 2.45) is 0 Å². The molecule has 1 aliphatic rings. The van der Waals surface area contributed by atoms with Gasteiger partial charge in [-0.15, -0.1) is 0 Å². The smallest absolute Gasteiger partial charge is 0.0639 e. The van der Waals surface area contributed by atoms with Gasteiger partial charge in [-0.1, -0.05) is 23.7 Å². The maximum atomic E-state index is 8.95. The number of benzene rings is 1. The van der Waals surface area contributed by atoms with E-state index >= 15 is 0 Å². The fraction of sp³-hybridized carbons (Fsp3) is 0.500. The quantitative estimate of drug-likeness (QED) is 0.841. The van der Waals surface area contributed by atoms with Crippen molar-refractivity contribution in [3.63, 3.8) is 0 Å². The number of anilines is 1. The van der Waals surface area contributed by atoms with E-state index < -0.39 is 0 Å². The number of aliphatic hydroxyl groups excluding tert-OH is 1. The summed E-state index contributed by atoms with van der Waals surface area (Å²) in [6, 6.07) is 8.27. The number of hydrogen-bond acceptors (Lipinski definition) is 3. The van der Waals surface area contributed by atoms with Gasteiger partial charge in [0.25, 0.3) is 0 Å². The highest BCUT2D eigenvalue weighted by Crippen LogP contribution is 2.26. The number of nitrogens with zero attached hydrogens (tertiary/aromatic N) is 1. The number of nitrogens with one attached hydrogen (secondary N) is 1. The van der Waals surface area contributed by atoms with E-state index in [9.17, 15) is 0 Å². The van der Waals surface area contributed by atoms with Crippen molar-refractivity contribution in [3.8, 4) is 0 Å². The number of para-hydroxylation sites is 1. The van der Waals surface area contributed by atoms with Gasteiger partial charge in [0, 0.05) is 32.3 Å². The van der Waals surface area contributed by atoms with Crippen LogP contribution in [0, 0.1) is 0 Å². The van der Waals surface area contributed by atoms with Crippen molar-refractivity contribution >= 4 is 17.3 Å². The first-order chi connectivity index (χ1) is 7.81. The summed E-state index contributed by atoms with van der Waals surface area (Å²) in [7, 11) is 0. The molecule has 1 fully saturated rings. The monoisotopic (exact) mass is 240 g/mol. The standard InChI is InChI=1S/C12H17ClN2O/c13-11-3-1-2-4-12(11)15-7-6-14-10(9-15)5-8-16/h1-4,10,14,16H,5-9H2. The van der Waals surface area contributed by atoms with Gasteiger partial charge < -0.3 is 15.3 Å². The molecule has 0 amide bonds. The van der Waals surface area contributed by atoms with Crippen molar-refractivity contribution < 1.29 is 5.11 Å². The van der Waals surface area contributed by atoms with Gasteiger partial charge in [0.2, 0.25) is 0 Å². The zero-order valence-corrected chi connectivity index (χ0v) is 9.95. The second-order valence-electron chi connectivity index (χ2n) is 4.06. The first-order valence-corrected chi connectivity index (χ1v) is 6.03. The fourth-order valence-corrected chi connectivity index (χ4v) is 2.36. The minimum atomic E-state index is 0.230. The highest BCUT2D eigenvalue weighted by Gasteiger charge is 2.20. The van der Waals surface area contributed by atoms with Crippen LogP contribution in [0.1, 0.15) is 6.42 Å². The van der Waals surface area contributed by atoms with Gasteiger partial charge in [-0.05, 0) is 18.6 Å². The van der Waals surface area contributed by atoms with E-state index in [0.717, 1.165) is 36.8 Å². The SMILES string of the molecule is OCCC1CN(c2ccccc2Cl)CCN1. The van der Waals surface area contributed by atoms with E-state index in [2.05, 4.69) is 10.2 Å².